The first kappa shape index (κ1) is 14.1. The summed E-state index contributed by atoms with van der Waals surface area (Å²) in [4.78, 5) is 0. The number of rotatable bonds is 5. The van der Waals surface area contributed by atoms with Gasteiger partial charge in [0.1, 0.15) is 11.6 Å². The molecular weight excluding hydrogens is 265 g/mol. The van der Waals surface area contributed by atoms with Crippen molar-refractivity contribution in [3.8, 4) is 0 Å². The summed E-state index contributed by atoms with van der Waals surface area (Å²) in [6, 6.07) is 6.68. The van der Waals surface area contributed by atoms with Gasteiger partial charge in [-0.1, -0.05) is 24.6 Å². The van der Waals surface area contributed by atoms with Crippen molar-refractivity contribution in [2.24, 2.45) is 0 Å². The quantitative estimate of drug-likeness (QED) is 0.885. The second-order valence-electron chi connectivity index (χ2n) is 4.45. The van der Waals surface area contributed by atoms with Gasteiger partial charge in [-0.05, 0) is 38.1 Å². The highest BCUT2D eigenvalue weighted by Crippen LogP contribution is 2.27. The Morgan fingerprint density at radius 3 is 2.74 bits per heavy atom. The van der Waals surface area contributed by atoms with E-state index in [-0.39, 0.29) is 11.9 Å². The number of likely N-dealkylation sites (N-methyl/N-ethyl adjacent to an activating group) is 1. The van der Waals surface area contributed by atoms with E-state index in [2.05, 4.69) is 5.32 Å². The molecule has 2 rings (SSSR count). The summed E-state index contributed by atoms with van der Waals surface area (Å²) in [5.74, 6) is 0.579. The Labute approximate surface area is 117 Å². The molecule has 1 unspecified atom stereocenters. The summed E-state index contributed by atoms with van der Waals surface area (Å²) in [7, 11) is 0. The molecule has 2 aromatic rings. The maximum absolute atomic E-state index is 13.9. The Bertz CT molecular complexity index is 533. The van der Waals surface area contributed by atoms with Crippen molar-refractivity contribution >= 4 is 11.6 Å². The van der Waals surface area contributed by atoms with Gasteiger partial charge in [-0.2, -0.15) is 0 Å². The van der Waals surface area contributed by atoms with Crippen molar-refractivity contribution < 1.29 is 8.81 Å². The van der Waals surface area contributed by atoms with Crippen LogP contribution in [0.1, 0.15) is 29.9 Å². The molecule has 1 aromatic heterocycles. The van der Waals surface area contributed by atoms with Crippen molar-refractivity contribution in [3.05, 3.63) is 58.3 Å². The number of hydrogen-bond donors (Lipinski definition) is 1. The number of nitrogens with one attached hydrogen (secondary N) is 1. The average Bonchev–Trinajstić information content (AvgIpc) is 2.79. The van der Waals surface area contributed by atoms with Crippen molar-refractivity contribution in [2.75, 3.05) is 6.54 Å². The minimum Gasteiger partial charge on any atom is -0.469 e. The topological polar surface area (TPSA) is 25.2 Å². The minimum atomic E-state index is -0.267. The molecule has 1 aromatic carbocycles. The molecule has 102 valence electrons. The van der Waals surface area contributed by atoms with Gasteiger partial charge in [-0.15, -0.1) is 0 Å². The first-order valence-electron chi connectivity index (χ1n) is 6.33. The molecule has 0 aliphatic carbocycles. The van der Waals surface area contributed by atoms with Crippen LogP contribution in [0.4, 0.5) is 4.39 Å². The number of benzene rings is 1. The molecule has 2 nitrogen and oxygen atoms in total. The maximum atomic E-state index is 13.9. The Kier molecular flexibility index (Phi) is 4.61. The van der Waals surface area contributed by atoms with E-state index in [0.29, 0.717) is 17.0 Å². The predicted molar refractivity (Wildman–Crippen MR) is 75.0 cm³/mol. The van der Waals surface area contributed by atoms with E-state index in [1.165, 1.54) is 6.07 Å². The average molecular weight is 282 g/mol. The Morgan fingerprint density at radius 1 is 1.37 bits per heavy atom. The summed E-state index contributed by atoms with van der Waals surface area (Å²) in [5, 5.41) is 3.81. The van der Waals surface area contributed by atoms with Gasteiger partial charge in [0.05, 0.1) is 6.26 Å². The van der Waals surface area contributed by atoms with Crippen LogP contribution < -0.4 is 5.32 Å². The molecule has 1 N–H and O–H groups in total. The molecule has 0 bridgehead atoms. The van der Waals surface area contributed by atoms with Crippen LogP contribution >= 0.6 is 11.6 Å². The fourth-order valence-corrected chi connectivity index (χ4v) is 2.47. The van der Waals surface area contributed by atoms with Gasteiger partial charge in [0, 0.05) is 22.2 Å². The fraction of sp³-hybridized carbons (Fsp3) is 0.333. The fourth-order valence-electron chi connectivity index (χ4n) is 2.23. The van der Waals surface area contributed by atoms with Crippen LogP contribution in [0.3, 0.4) is 0 Å². The van der Waals surface area contributed by atoms with Crippen molar-refractivity contribution in [2.45, 2.75) is 26.3 Å². The highest BCUT2D eigenvalue weighted by atomic mass is 35.5. The molecule has 4 heteroatoms. The van der Waals surface area contributed by atoms with Gasteiger partial charge in [-0.3, -0.25) is 0 Å². The maximum Gasteiger partial charge on any atom is 0.127 e. The molecule has 0 amide bonds. The van der Waals surface area contributed by atoms with E-state index in [4.69, 9.17) is 16.0 Å². The summed E-state index contributed by atoms with van der Waals surface area (Å²) < 4.78 is 19.2. The molecule has 0 saturated heterocycles. The summed E-state index contributed by atoms with van der Waals surface area (Å²) in [5.41, 5.74) is 1.58. The smallest absolute Gasteiger partial charge is 0.127 e. The van der Waals surface area contributed by atoms with Crippen LogP contribution in [0.2, 0.25) is 5.02 Å². The standard InChI is InChI=1S/C15H17ClFNO/c1-3-18-15(11-7-8-19-10(11)2)9-12-13(16)5-4-6-14(12)17/h4-8,15,18H,3,9H2,1-2H3. The molecule has 0 aliphatic heterocycles. The Morgan fingerprint density at radius 2 is 2.16 bits per heavy atom. The van der Waals surface area contributed by atoms with Crippen molar-refractivity contribution in [3.63, 3.8) is 0 Å². The van der Waals surface area contributed by atoms with Gasteiger partial charge < -0.3 is 9.73 Å². The molecule has 0 spiro atoms. The van der Waals surface area contributed by atoms with E-state index in [1.54, 1.807) is 18.4 Å². The predicted octanol–water partition coefficient (Wildman–Crippen LogP) is 4.27. The zero-order valence-electron chi connectivity index (χ0n) is 11.0. The van der Waals surface area contributed by atoms with Crippen LogP contribution in [-0.2, 0) is 6.42 Å². The normalized spacial score (nSPS) is 12.6. The highest BCUT2D eigenvalue weighted by Gasteiger charge is 2.18. The monoisotopic (exact) mass is 281 g/mol. The molecule has 0 saturated carbocycles. The van der Waals surface area contributed by atoms with Crippen LogP contribution in [0.5, 0.6) is 0 Å². The third kappa shape index (κ3) is 3.17. The molecule has 1 heterocycles. The van der Waals surface area contributed by atoms with E-state index < -0.39 is 0 Å². The van der Waals surface area contributed by atoms with Crippen LogP contribution in [0.25, 0.3) is 0 Å². The highest BCUT2D eigenvalue weighted by molar-refractivity contribution is 6.31. The number of halogens is 2. The minimum absolute atomic E-state index is 0.00171. The first-order valence-corrected chi connectivity index (χ1v) is 6.71. The third-order valence-corrected chi connectivity index (χ3v) is 3.55. The van der Waals surface area contributed by atoms with Crippen LogP contribution in [0.15, 0.2) is 34.9 Å². The lowest BCUT2D eigenvalue weighted by Crippen LogP contribution is -2.23. The van der Waals surface area contributed by atoms with E-state index in [0.717, 1.165) is 17.9 Å². The lowest BCUT2D eigenvalue weighted by molar-refractivity contribution is 0.495. The van der Waals surface area contributed by atoms with Crippen LogP contribution in [0, 0.1) is 12.7 Å². The van der Waals surface area contributed by atoms with Crippen molar-refractivity contribution in [1.29, 1.82) is 0 Å². The third-order valence-electron chi connectivity index (χ3n) is 3.19. The number of furan rings is 1. The number of hydrogen-bond acceptors (Lipinski definition) is 2. The Hall–Kier alpha value is -1.32. The zero-order valence-corrected chi connectivity index (χ0v) is 11.8. The second-order valence-corrected chi connectivity index (χ2v) is 4.85. The lowest BCUT2D eigenvalue weighted by atomic mass is 9.99. The van der Waals surface area contributed by atoms with Gasteiger partial charge in [-0.25, -0.2) is 4.39 Å². The zero-order chi connectivity index (χ0) is 13.8. The number of aryl methyl sites for hydroxylation is 1. The van der Waals surface area contributed by atoms with E-state index in [9.17, 15) is 4.39 Å². The largest absolute Gasteiger partial charge is 0.469 e. The second kappa shape index (κ2) is 6.22. The molecule has 1 atom stereocenters. The molecule has 19 heavy (non-hydrogen) atoms. The van der Waals surface area contributed by atoms with E-state index in [1.807, 2.05) is 19.9 Å². The summed E-state index contributed by atoms with van der Waals surface area (Å²) >= 11 is 6.08. The molecule has 0 radical (unpaired) electrons. The Balaban J connectivity index is 2.29. The van der Waals surface area contributed by atoms with Gasteiger partial charge in [0.2, 0.25) is 0 Å². The van der Waals surface area contributed by atoms with Gasteiger partial charge in [0.15, 0.2) is 0 Å². The lowest BCUT2D eigenvalue weighted by Gasteiger charge is -2.18. The molecule has 0 fully saturated rings. The summed E-state index contributed by atoms with van der Waals surface area (Å²) in [6.07, 6.45) is 2.15. The van der Waals surface area contributed by atoms with Gasteiger partial charge >= 0.3 is 0 Å². The first-order chi connectivity index (χ1) is 9.13. The van der Waals surface area contributed by atoms with E-state index >= 15 is 0 Å². The molecule has 0 aliphatic rings. The van der Waals surface area contributed by atoms with Crippen molar-refractivity contribution in [1.82, 2.24) is 5.32 Å². The molecular formula is C15H17ClFNO. The van der Waals surface area contributed by atoms with Crippen LogP contribution in [-0.4, -0.2) is 6.54 Å². The summed E-state index contributed by atoms with van der Waals surface area (Å²) in [6.45, 7) is 4.72. The SMILES string of the molecule is CCNC(Cc1c(F)cccc1Cl)c1ccoc1C. The van der Waals surface area contributed by atoms with Gasteiger partial charge in [0.25, 0.3) is 0 Å².